The maximum Gasteiger partial charge on any atom is 0.154 e. The van der Waals surface area contributed by atoms with Gasteiger partial charge < -0.3 is 24.4 Å². The minimum Gasteiger partial charge on any atom is -0.378 e. The van der Waals surface area contributed by atoms with Gasteiger partial charge >= 0.3 is 0 Å². The number of aliphatic hydroxyl groups excluding tert-OH is 2. The van der Waals surface area contributed by atoms with Gasteiger partial charge in [-0.05, 0) is 51.9 Å². The van der Waals surface area contributed by atoms with Crippen molar-refractivity contribution in [1.82, 2.24) is 0 Å². The molecule has 132 valence electrons. The van der Waals surface area contributed by atoms with Crippen LogP contribution in [0.3, 0.4) is 0 Å². The van der Waals surface area contributed by atoms with Gasteiger partial charge in [-0.2, -0.15) is 0 Å². The Labute approximate surface area is 135 Å². The van der Waals surface area contributed by atoms with Crippen LogP contribution < -0.4 is 0 Å². The van der Waals surface area contributed by atoms with Crippen LogP contribution in [0.15, 0.2) is 0 Å². The smallest absolute Gasteiger partial charge is 0.154 e. The summed E-state index contributed by atoms with van der Waals surface area (Å²) in [5.74, 6) is 0.515. The number of rotatable bonds is 12. The Balaban J connectivity index is 2.20. The second-order valence-electron chi connectivity index (χ2n) is 5.99. The Morgan fingerprint density at radius 2 is 1.59 bits per heavy atom. The highest BCUT2D eigenvalue weighted by atomic mass is 16.6. The van der Waals surface area contributed by atoms with Crippen LogP contribution in [0.2, 0.25) is 0 Å². The fourth-order valence-electron chi connectivity index (χ4n) is 3.12. The Hall–Kier alpha value is -0.200. The molecule has 1 fully saturated rings. The van der Waals surface area contributed by atoms with Crippen LogP contribution in [0.25, 0.3) is 0 Å². The van der Waals surface area contributed by atoms with E-state index in [0.717, 1.165) is 19.3 Å². The zero-order valence-electron chi connectivity index (χ0n) is 14.2. The lowest BCUT2D eigenvalue weighted by atomic mass is 9.83. The molecule has 0 aromatic rings. The van der Waals surface area contributed by atoms with Gasteiger partial charge in [0.05, 0.1) is 6.10 Å². The first-order chi connectivity index (χ1) is 10.7. The Morgan fingerprint density at radius 1 is 0.955 bits per heavy atom. The van der Waals surface area contributed by atoms with Crippen molar-refractivity contribution in [2.24, 2.45) is 5.92 Å². The minimum atomic E-state index is -0.669. The van der Waals surface area contributed by atoms with Crippen molar-refractivity contribution >= 4 is 0 Å². The zero-order valence-corrected chi connectivity index (χ0v) is 14.2. The molecule has 0 bridgehead atoms. The van der Waals surface area contributed by atoms with Gasteiger partial charge in [0.2, 0.25) is 0 Å². The summed E-state index contributed by atoms with van der Waals surface area (Å²) in [6.07, 6.45) is 6.77. The van der Waals surface area contributed by atoms with Gasteiger partial charge in [-0.25, -0.2) is 0 Å². The van der Waals surface area contributed by atoms with Crippen LogP contribution >= 0.6 is 0 Å². The summed E-state index contributed by atoms with van der Waals surface area (Å²) >= 11 is 0. The SMILES string of the molecule is CCOC(O)CCCOC1CCCCC1CCC(O)OCC. The fourth-order valence-corrected chi connectivity index (χ4v) is 3.12. The van der Waals surface area contributed by atoms with E-state index in [4.69, 9.17) is 14.2 Å². The zero-order chi connectivity index (χ0) is 16.2. The van der Waals surface area contributed by atoms with E-state index in [-0.39, 0.29) is 6.10 Å². The molecule has 0 aromatic heterocycles. The monoisotopic (exact) mass is 318 g/mol. The normalized spacial score (nSPS) is 25.1. The molecule has 2 N–H and O–H groups in total. The molecule has 4 atom stereocenters. The van der Waals surface area contributed by atoms with Gasteiger partial charge in [-0.3, -0.25) is 0 Å². The van der Waals surface area contributed by atoms with Crippen molar-refractivity contribution in [3.05, 3.63) is 0 Å². The molecule has 0 aromatic carbocycles. The van der Waals surface area contributed by atoms with Crippen molar-refractivity contribution in [1.29, 1.82) is 0 Å². The fraction of sp³-hybridized carbons (Fsp3) is 1.00. The standard InChI is InChI=1S/C17H34O5/c1-3-20-16(18)10-7-13-22-15-9-6-5-8-14(15)11-12-17(19)21-4-2/h14-19H,3-13H2,1-2H3. The molecule has 1 aliphatic rings. The lowest BCUT2D eigenvalue weighted by Gasteiger charge is -2.32. The third-order valence-corrected chi connectivity index (χ3v) is 4.27. The van der Waals surface area contributed by atoms with E-state index in [0.29, 0.717) is 38.6 Å². The van der Waals surface area contributed by atoms with E-state index in [2.05, 4.69) is 0 Å². The highest BCUT2D eigenvalue weighted by Crippen LogP contribution is 2.31. The van der Waals surface area contributed by atoms with Crippen LogP contribution in [0, 0.1) is 5.92 Å². The van der Waals surface area contributed by atoms with Crippen molar-refractivity contribution in [3.63, 3.8) is 0 Å². The molecule has 5 heteroatoms. The minimum absolute atomic E-state index is 0.284. The van der Waals surface area contributed by atoms with Gasteiger partial charge in [0.1, 0.15) is 0 Å². The molecule has 0 heterocycles. The maximum atomic E-state index is 9.69. The van der Waals surface area contributed by atoms with E-state index in [1.165, 1.54) is 19.3 Å². The third-order valence-electron chi connectivity index (χ3n) is 4.27. The van der Waals surface area contributed by atoms with E-state index >= 15 is 0 Å². The van der Waals surface area contributed by atoms with Gasteiger partial charge in [-0.15, -0.1) is 0 Å². The van der Waals surface area contributed by atoms with E-state index < -0.39 is 12.6 Å². The Bertz CT molecular complexity index is 261. The lowest BCUT2D eigenvalue weighted by molar-refractivity contribution is -0.110. The molecule has 0 saturated heterocycles. The second kappa shape index (κ2) is 12.3. The topological polar surface area (TPSA) is 68.2 Å². The molecule has 5 nitrogen and oxygen atoms in total. The average Bonchev–Trinajstić information content (AvgIpc) is 2.51. The summed E-state index contributed by atoms with van der Waals surface area (Å²) < 4.78 is 16.3. The van der Waals surface area contributed by atoms with Gasteiger partial charge in [0.15, 0.2) is 12.6 Å². The van der Waals surface area contributed by atoms with Crippen molar-refractivity contribution < 1.29 is 24.4 Å². The van der Waals surface area contributed by atoms with Crippen molar-refractivity contribution in [3.8, 4) is 0 Å². The molecule has 0 amide bonds. The summed E-state index contributed by atoms with van der Waals surface area (Å²) in [5, 5.41) is 19.2. The van der Waals surface area contributed by atoms with Crippen LogP contribution in [0.1, 0.15) is 65.2 Å². The van der Waals surface area contributed by atoms with Gasteiger partial charge in [0, 0.05) is 26.2 Å². The van der Waals surface area contributed by atoms with Crippen molar-refractivity contribution in [2.75, 3.05) is 19.8 Å². The molecule has 0 spiro atoms. The first-order valence-electron chi connectivity index (χ1n) is 8.88. The summed E-state index contributed by atoms with van der Waals surface area (Å²) in [7, 11) is 0. The predicted molar refractivity (Wildman–Crippen MR) is 85.4 cm³/mol. The largest absolute Gasteiger partial charge is 0.378 e. The lowest BCUT2D eigenvalue weighted by Crippen LogP contribution is -2.29. The first-order valence-corrected chi connectivity index (χ1v) is 8.88. The molecule has 1 rings (SSSR count). The quantitative estimate of drug-likeness (QED) is 0.428. The molecule has 1 saturated carbocycles. The van der Waals surface area contributed by atoms with Crippen LogP contribution in [-0.4, -0.2) is 48.7 Å². The maximum absolute atomic E-state index is 9.69. The molecule has 4 unspecified atom stereocenters. The molecular weight excluding hydrogens is 284 g/mol. The highest BCUT2D eigenvalue weighted by Gasteiger charge is 2.26. The summed E-state index contributed by atoms with van der Waals surface area (Å²) in [6, 6.07) is 0. The number of ether oxygens (including phenoxy) is 3. The molecule has 1 aliphatic carbocycles. The number of aliphatic hydroxyl groups is 2. The highest BCUT2D eigenvalue weighted by molar-refractivity contribution is 4.76. The summed E-state index contributed by atoms with van der Waals surface area (Å²) in [6.45, 7) is 5.53. The Kier molecular flexibility index (Phi) is 11.1. The number of hydrogen-bond acceptors (Lipinski definition) is 5. The van der Waals surface area contributed by atoms with Crippen molar-refractivity contribution in [2.45, 2.75) is 83.9 Å². The van der Waals surface area contributed by atoms with Crippen LogP contribution in [0.5, 0.6) is 0 Å². The van der Waals surface area contributed by atoms with Gasteiger partial charge in [0.25, 0.3) is 0 Å². The Morgan fingerprint density at radius 3 is 2.27 bits per heavy atom. The third kappa shape index (κ3) is 8.44. The second-order valence-corrected chi connectivity index (χ2v) is 5.99. The van der Waals surface area contributed by atoms with Crippen LogP contribution in [-0.2, 0) is 14.2 Å². The molecule has 0 radical (unpaired) electrons. The summed E-state index contributed by atoms with van der Waals surface area (Å²) in [4.78, 5) is 0. The predicted octanol–water partition coefficient (Wildman–Crippen LogP) is 2.83. The van der Waals surface area contributed by atoms with Crippen LogP contribution in [0.4, 0.5) is 0 Å². The van der Waals surface area contributed by atoms with Gasteiger partial charge in [-0.1, -0.05) is 12.8 Å². The van der Waals surface area contributed by atoms with E-state index in [1.54, 1.807) is 0 Å². The molecular formula is C17H34O5. The molecule has 22 heavy (non-hydrogen) atoms. The molecule has 0 aliphatic heterocycles. The van der Waals surface area contributed by atoms with E-state index in [9.17, 15) is 10.2 Å². The average molecular weight is 318 g/mol. The summed E-state index contributed by atoms with van der Waals surface area (Å²) in [5.41, 5.74) is 0. The first kappa shape index (κ1) is 19.8. The number of hydrogen-bond donors (Lipinski definition) is 2. The van der Waals surface area contributed by atoms with E-state index in [1.807, 2.05) is 13.8 Å².